The van der Waals surface area contributed by atoms with Crippen LogP contribution >= 0.6 is 11.6 Å². The van der Waals surface area contributed by atoms with Gasteiger partial charge in [-0.25, -0.2) is 0 Å². The molecular formula is C18H13ClN2O4. The third kappa shape index (κ3) is 2.92. The van der Waals surface area contributed by atoms with E-state index in [0.29, 0.717) is 27.5 Å². The van der Waals surface area contributed by atoms with E-state index in [1.807, 2.05) is 6.07 Å². The predicted octanol–water partition coefficient (Wildman–Crippen LogP) is 3.05. The van der Waals surface area contributed by atoms with Crippen LogP contribution in [0.4, 0.5) is 0 Å². The largest absolute Gasteiger partial charge is 0.454 e. The number of aromatic nitrogens is 1. The van der Waals surface area contributed by atoms with E-state index in [1.54, 1.807) is 30.3 Å². The van der Waals surface area contributed by atoms with Gasteiger partial charge in [0.1, 0.15) is 0 Å². The smallest absolute Gasteiger partial charge is 0.292 e. The van der Waals surface area contributed by atoms with Crippen molar-refractivity contribution in [1.82, 2.24) is 10.3 Å². The molecule has 0 aliphatic carbocycles. The Bertz CT molecular complexity index is 996. The minimum absolute atomic E-state index is 0.187. The summed E-state index contributed by atoms with van der Waals surface area (Å²) in [6.45, 7) is 0.400. The Morgan fingerprint density at radius 1 is 1.12 bits per heavy atom. The van der Waals surface area contributed by atoms with Gasteiger partial charge >= 0.3 is 0 Å². The number of ketones is 1. The van der Waals surface area contributed by atoms with Crippen LogP contribution < -0.4 is 14.8 Å². The van der Waals surface area contributed by atoms with Crippen LogP contribution in [0.25, 0.3) is 10.9 Å². The molecule has 1 aliphatic heterocycles. The summed E-state index contributed by atoms with van der Waals surface area (Å²) in [6.07, 6.45) is 1.52. The highest BCUT2D eigenvalue weighted by molar-refractivity contribution is 6.45. The normalized spacial score (nSPS) is 12.4. The van der Waals surface area contributed by atoms with Crippen LogP contribution in [-0.4, -0.2) is 23.5 Å². The highest BCUT2D eigenvalue weighted by Crippen LogP contribution is 2.32. The molecule has 2 heterocycles. The molecule has 0 spiro atoms. The Hall–Kier alpha value is -2.99. The SMILES string of the molecule is O=C(NCc1ccc2c(c1)OCO2)C(=O)c1c[nH]c2ccc(Cl)cc12. The van der Waals surface area contributed by atoms with Gasteiger partial charge in [-0.15, -0.1) is 0 Å². The third-order valence-corrected chi connectivity index (χ3v) is 4.22. The van der Waals surface area contributed by atoms with Crippen molar-refractivity contribution < 1.29 is 19.1 Å². The second-order valence-corrected chi connectivity index (χ2v) is 6.03. The number of benzene rings is 2. The highest BCUT2D eigenvalue weighted by atomic mass is 35.5. The topological polar surface area (TPSA) is 80.4 Å². The van der Waals surface area contributed by atoms with Gasteiger partial charge in [-0.1, -0.05) is 17.7 Å². The number of carbonyl (C=O) groups excluding carboxylic acids is 2. The average molecular weight is 357 g/mol. The molecule has 0 saturated heterocycles. The maximum atomic E-state index is 12.4. The van der Waals surface area contributed by atoms with Gasteiger partial charge < -0.3 is 19.8 Å². The van der Waals surface area contributed by atoms with Crippen molar-refractivity contribution in [2.75, 3.05) is 6.79 Å². The molecular weight excluding hydrogens is 344 g/mol. The highest BCUT2D eigenvalue weighted by Gasteiger charge is 2.20. The Balaban J connectivity index is 1.48. The van der Waals surface area contributed by atoms with E-state index < -0.39 is 11.7 Å². The van der Waals surface area contributed by atoms with Crippen LogP contribution in [0.1, 0.15) is 15.9 Å². The number of amides is 1. The summed E-state index contributed by atoms with van der Waals surface area (Å²) in [4.78, 5) is 27.6. The van der Waals surface area contributed by atoms with Gasteiger partial charge in [0.2, 0.25) is 6.79 Å². The average Bonchev–Trinajstić information content (AvgIpc) is 3.24. The molecule has 2 N–H and O–H groups in total. The summed E-state index contributed by atoms with van der Waals surface area (Å²) in [7, 11) is 0. The Morgan fingerprint density at radius 3 is 2.84 bits per heavy atom. The van der Waals surface area contributed by atoms with Gasteiger partial charge in [0, 0.05) is 28.7 Å². The monoisotopic (exact) mass is 356 g/mol. The fourth-order valence-electron chi connectivity index (χ4n) is 2.72. The Labute approximate surface area is 147 Å². The Kier molecular flexibility index (Phi) is 3.82. The van der Waals surface area contributed by atoms with E-state index in [-0.39, 0.29) is 13.3 Å². The molecule has 3 aromatic rings. The molecule has 0 unspecified atom stereocenters. The lowest BCUT2D eigenvalue weighted by atomic mass is 10.1. The van der Waals surface area contributed by atoms with E-state index in [9.17, 15) is 9.59 Å². The molecule has 0 fully saturated rings. The van der Waals surface area contributed by atoms with Crippen LogP contribution in [0.5, 0.6) is 11.5 Å². The number of fused-ring (bicyclic) bond motifs is 2. The molecule has 4 rings (SSSR count). The van der Waals surface area contributed by atoms with E-state index in [0.717, 1.165) is 11.1 Å². The molecule has 0 atom stereocenters. The lowest BCUT2D eigenvalue weighted by Crippen LogP contribution is -2.30. The lowest BCUT2D eigenvalue weighted by Gasteiger charge is -2.05. The van der Waals surface area contributed by atoms with Crippen molar-refractivity contribution in [1.29, 1.82) is 0 Å². The van der Waals surface area contributed by atoms with Gasteiger partial charge in [0.05, 0.1) is 5.56 Å². The van der Waals surface area contributed by atoms with Crippen molar-refractivity contribution in [2.45, 2.75) is 6.54 Å². The van der Waals surface area contributed by atoms with Crippen molar-refractivity contribution >= 4 is 34.2 Å². The third-order valence-electron chi connectivity index (χ3n) is 3.98. The second-order valence-electron chi connectivity index (χ2n) is 5.59. The summed E-state index contributed by atoms with van der Waals surface area (Å²) in [5.74, 6) is -0.000951. The fourth-order valence-corrected chi connectivity index (χ4v) is 2.89. The molecule has 6 nitrogen and oxygen atoms in total. The molecule has 1 aliphatic rings. The summed E-state index contributed by atoms with van der Waals surface area (Å²) in [6, 6.07) is 10.5. The van der Waals surface area contributed by atoms with Crippen molar-refractivity contribution in [3.63, 3.8) is 0 Å². The molecule has 0 saturated carbocycles. The van der Waals surface area contributed by atoms with Crippen LogP contribution in [0.2, 0.25) is 5.02 Å². The first-order valence-corrected chi connectivity index (χ1v) is 7.97. The minimum Gasteiger partial charge on any atom is -0.454 e. The van der Waals surface area contributed by atoms with Crippen LogP contribution in [0.3, 0.4) is 0 Å². The lowest BCUT2D eigenvalue weighted by molar-refractivity contribution is -0.117. The zero-order valence-corrected chi connectivity index (χ0v) is 13.7. The molecule has 7 heteroatoms. The molecule has 0 bridgehead atoms. The van der Waals surface area contributed by atoms with Gasteiger partial charge in [0.25, 0.3) is 11.7 Å². The number of Topliss-reactive ketones (excluding diaryl/α,β-unsaturated/α-hetero) is 1. The summed E-state index contributed by atoms with van der Waals surface area (Å²) in [5, 5.41) is 3.75. The van der Waals surface area contributed by atoms with Gasteiger partial charge in [-0.05, 0) is 35.9 Å². The van der Waals surface area contributed by atoms with Crippen LogP contribution in [0, 0.1) is 0 Å². The maximum Gasteiger partial charge on any atom is 0.292 e. The van der Waals surface area contributed by atoms with E-state index in [1.165, 1.54) is 6.20 Å². The van der Waals surface area contributed by atoms with Crippen LogP contribution in [0.15, 0.2) is 42.6 Å². The number of hydrogen-bond acceptors (Lipinski definition) is 4. The van der Waals surface area contributed by atoms with Crippen LogP contribution in [-0.2, 0) is 11.3 Å². The number of nitrogens with one attached hydrogen (secondary N) is 2. The molecule has 0 radical (unpaired) electrons. The number of ether oxygens (including phenoxy) is 2. The predicted molar refractivity (Wildman–Crippen MR) is 92.1 cm³/mol. The molecule has 126 valence electrons. The summed E-state index contributed by atoms with van der Waals surface area (Å²) >= 11 is 5.97. The molecule has 1 aromatic heterocycles. The van der Waals surface area contributed by atoms with Gasteiger partial charge in [-0.2, -0.15) is 0 Å². The van der Waals surface area contributed by atoms with Crippen molar-refractivity contribution in [3.8, 4) is 11.5 Å². The quantitative estimate of drug-likeness (QED) is 0.556. The first-order chi connectivity index (χ1) is 12.1. The van der Waals surface area contributed by atoms with Gasteiger partial charge in [-0.3, -0.25) is 9.59 Å². The standard InChI is InChI=1S/C18H13ClN2O4/c19-11-2-3-14-12(6-11)13(8-20-14)17(22)18(23)21-7-10-1-4-15-16(5-10)25-9-24-15/h1-6,8,20H,7,9H2,(H,21,23). The zero-order chi connectivity index (χ0) is 17.4. The summed E-state index contributed by atoms with van der Waals surface area (Å²) in [5.41, 5.74) is 1.85. The number of halogens is 1. The van der Waals surface area contributed by atoms with Crippen molar-refractivity contribution in [3.05, 3.63) is 58.7 Å². The second kappa shape index (κ2) is 6.14. The summed E-state index contributed by atoms with van der Waals surface area (Å²) < 4.78 is 10.5. The van der Waals surface area contributed by atoms with E-state index >= 15 is 0 Å². The first-order valence-electron chi connectivity index (χ1n) is 7.59. The van der Waals surface area contributed by atoms with Gasteiger partial charge in [0.15, 0.2) is 11.5 Å². The minimum atomic E-state index is -0.682. The number of hydrogen-bond donors (Lipinski definition) is 2. The van der Waals surface area contributed by atoms with Crippen molar-refractivity contribution in [2.24, 2.45) is 0 Å². The molecule has 2 aromatic carbocycles. The Morgan fingerprint density at radius 2 is 1.96 bits per heavy atom. The zero-order valence-electron chi connectivity index (χ0n) is 13.0. The first kappa shape index (κ1) is 15.5. The molecule has 1 amide bonds. The maximum absolute atomic E-state index is 12.4. The molecule has 25 heavy (non-hydrogen) atoms. The number of carbonyl (C=O) groups is 2. The fraction of sp³-hybridized carbons (Fsp3) is 0.111. The van der Waals surface area contributed by atoms with E-state index in [2.05, 4.69) is 10.3 Å². The number of H-pyrrole nitrogens is 1. The van der Waals surface area contributed by atoms with E-state index in [4.69, 9.17) is 21.1 Å². The number of rotatable bonds is 4. The number of aromatic amines is 1.